The van der Waals surface area contributed by atoms with Crippen LogP contribution in [-0.4, -0.2) is 37.0 Å². The average Bonchev–Trinajstić information content (AvgIpc) is 2.91. The van der Waals surface area contributed by atoms with Crippen LogP contribution in [0.4, 0.5) is 0 Å². The number of hydrogen-bond donors (Lipinski definition) is 1. The fourth-order valence-electron chi connectivity index (χ4n) is 2.25. The summed E-state index contributed by atoms with van der Waals surface area (Å²) >= 11 is 8.16. The summed E-state index contributed by atoms with van der Waals surface area (Å²) in [4.78, 5) is 14.4. The maximum Gasteiger partial charge on any atom is 0.251 e. The first-order valence-electron chi connectivity index (χ1n) is 6.62. The monoisotopic (exact) mass is 392 g/mol. The van der Waals surface area contributed by atoms with Crippen LogP contribution in [0.3, 0.4) is 0 Å². The van der Waals surface area contributed by atoms with Crippen molar-refractivity contribution in [3.05, 3.63) is 32.4 Å². The standard InChI is InChI=1S/C14H18ClIN2O/c15-12-10-11(4-5-13(12)16)14(19)17-6-3-9-18-7-1-2-8-18/h4-5,10H,1-3,6-9H2,(H,17,19). The van der Waals surface area contributed by atoms with Crippen LogP contribution in [0.2, 0.25) is 5.02 Å². The Hall–Kier alpha value is -0.330. The molecular weight excluding hydrogens is 375 g/mol. The van der Waals surface area contributed by atoms with Crippen LogP contribution in [0.25, 0.3) is 0 Å². The van der Waals surface area contributed by atoms with Crippen molar-refractivity contribution in [3.63, 3.8) is 0 Å². The van der Waals surface area contributed by atoms with E-state index in [1.54, 1.807) is 6.07 Å². The molecule has 1 aromatic carbocycles. The predicted molar refractivity (Wildman–Crippen MR) is 86.8 cm³/mol. The number of carbonyl (C=O) groups excluding carboxylic acids is 1. The number of likely N-dealkylation sites (tertiary alicyclic amines) is 1. The molecule has 5 heteroatoms. The molecule has 1 heterocycles. The zero-order chi connectivity index (χ0) is 13.7. The van der Waals surface area contributed by atoms with Gasteiger partial charge in [0.15, 0.2) is 0 Å². The third kappa shape index (κ3) is 4.61. The van der Waals surface area contributed by atoms with E-state index < -0.39 is 0 Å². The smallest absolute Gasteiger partial charge is 0.251 e. The first-order valence-corrected chi connectivity index (χ1v) is 8.08. The van der Waals surface area contributed by atoms with Gasteiger partial charge in [-0.2, -0.15) is 0 Å². The summed E-state index contributed by atoms with van der Waals surface area (Å²) in [7, 11) is 0. The summed E-state index contributed by atoms with van der Waals surface area (Å²) in [5.74, 6) is -0.0419. The average molecular weight is 393 g/mol. The summed E-state index contributed by atoms with van der Waals surface area (Å²) in [5.41, 5.74) is 0.631. The number of nitrogens with zero attached hydrogens (tertiary/aromatic N) is 1. The topological polar surface area (TPSA) is 32.3 Å². The second-order valence-electron chi connectivity index (χ2n) is 4.79. The van der Waals surface area contributed by atoms with Crippen LogP contribution >= 0.6 is 34.2 Å². The molecule has 0 atom stereocenters. The van der Waals surface area contributed by atoms with E-state index in [0.29, 0.717) is 10.6 Å². The number of benzene rings is 1. The molecule has 1 saturated heterocycles. The zero-order valence-corrected chi connectivity index (χ0v) is 13.7. The Kier molecular flexibility index (Phi) is 5.91. The molecular formula is C14H18ClIN2O. The first kappa shape index (κ1) is 15.1. The number of amides is 1. The van der Waals surface area contributed by atoms with E-state index in [0.717, 1.165) is 23.1 Å². The van der Waals surface area contributed by atoms with Crippen LogP contribution in [0.5, 0.6) is 0 Å². The van der Waals surface area contributed by atoms with Crippen LogP contribution in [0.15, 0.2) is 18.2 Å². The van der Waals surface area contributed by atoms with Gasteiger partial charge in [-0.1, -0.05) is 11.6 Å². The lowest BCUT2D eigenvalue weighted by atomic mass is 10.2. The van der Waals surface area contributed by atoms with E-state index in [2.05, 4.69) is 32.8 Å². The molecule has 2 rings (SSSR count). The summed E-state index contributed by atoms with van der Waals surface area (Å²) in [6.45, 7) is 4.22. The zero-order valence-electron chi connectivity index (χ0n) is 10.8. The largest absolute Gasteiger partial charge is 0.352 e. The molecule has 0 unspecified atom stereocenters. The van der Waals surface area contributed by atoms with Crippen molar-refractivity contribution in [2.45, 2.75) is 19.3 Å². The Morgan fingerprint density at radius 2 is 2.11 bits per heavy atom. The molecule has 1 amide bonds. The Balaban J connectivity index is 1.72. The highest BCUT2D eigenvalue weighted by Gasteiger charge is 2.11. The Morgan fingerprint density at radius 1 is 1.37 bits per heavy atom. The summed E-state index contributed by atoms with van der Waals surface area (Å²) in [5, 5.41) is 3.57. The van der Waals surface area contributed by atoms with E-state index in [4.69, 9.17) is 11.6 Å². The Bertz CT molecular complexity index is 447. The highest BCUT2D eigenvalue weighted by molar-refractivity contribution is 14.1. The molecule has 0 radical (unpaired) electrons. The molecule has 1 aliphatic heterocycles. The van der Waals surface area contributed by atoms with Crippen molar-refractivity contribution in [2.24, 2.45) is 0 Å². The molecule has 0 spiro atoms. The maximum absolute atomic E-state index is 11.9. The van der Waals surface area contributed by atoms with Gasteiger partial charge in [0.05, 0.1) is 5.02 Å². The lowest BCUT2D eigenvalue weighted by Crippen LogP contribution is -2.28. The van der Waals surface area contributed by atoms with E-state index in [9.17, 15) is 4.79 Å². The summed E-state index contributed by atoms with van der Waals surface area (Å²) < 4.78 is 0.963. The van der Waals surface area contributed by atoms with Crippen molar-refractivity contribution in [1.29, 1.82) is 0 Å². The van der Waals surface area contributed by atoms with E-state index in [-0.39, 0.29) is 5.91 Å². The van der Waals surface area contributed by atoms with E-state index in [1.807, 2.05) is 12.1 Å². The van der Waals surface area contributed by atoms with Crippen LogP contribution in [-0.2, 0) is 0 Å². The van der Waals surface area contributed by atoms with Gasteiger partial charge >= 0.3 is 0 Å². The number of nitrogens with one attached hydrogen (secondary N) is 1. The van der Waals surface area contributed by atoms with Crippen LogP contribution in [0.1, 0.15) is 29.6 Å². The van der Waals surface area contributed by atoms with Crippen molar-refractivity contribution in [1.82, 2.24) is 10.2 Å². The molecule has 1 aliphatic rings. The molecule has 1 N–H and O–H groups in total. The second kappa shape index (κ2) is 7.45. The minimum Gasteiger partial charge on any atom is -0.352 e. The fraction of sp³-hybridized carbons (Fsp3) is 0.500. The lowest BCUT2D eigenvalue weighted by molar-refractivity contribution is 0.0952. The van der Waals surface area contributed by atoms with Gasteiger partial charge in [0.25, 0.3) is 5.91 Å². The van der Waals surface area contributed by atoms with E-state index in [1.165, 1.54) is 25.9 Å². The van der Waals surface area contributed by atoms with Gasteiger partial charge in [-0.25, -0.2) is 0 Å². The first-order chi connectivity index (χ1) is 9.16. The number of carbonyl (C=O) groups is 1. The summed E-state index contributed by atoms with van der Waals surface area (Å²) in [6, 6.07) is 5.39. The summed E-state index contributed by atoms with van der Waals surface area (Å²) in [6.07, 6.45) is 3.63. The quantitative estimate of drug-likeness (QED) is 0.617. The molecule has 1 aromatic rings. The highest BCUT2D eigenvalue weighted by Crippen LogP contribution is 2.19. The van der Waals surface area contributed by atoms with Gasteiger partial charge < -0.3 is 10.2 Å². The molecule has 1 fully saturated rings. The van der Waals surface area contributed by atoms with Gasteiger partial charge in [-0.15, -0.1) is 0 Å². The van der Waals surface area contributed by atoms with Gasteiger partial charge in [0.1, 0.15) is 0 Å². The predicted octanol–water partition coefficient (Wildman–Crippen LogP) is 3.16. The molecule has 0 aliphatic carbocycles. The normalized spacial score (nSPS) is 15.7. The molecule has 104 valence electrons. The molecule has 19 heavy (non-hydrogen) atoms. The van der Waals surface area contributed by atoms with Crippen molar-refractivity contribution in [3.8, 4) is 0 Å². The lowest BCUT2D eigenvalue weighted by Gasteiger charge is -2.14. The van der Waals surface area contributed by atoms with Gasteiger partial charge in [-0.05, 0) is 79.7 Å². The van der Waals surface area contributed by atoms with Gasteiger partial charge in [0.2, 0.25) is 0 Å². The molecule has 0 aromatic heterocycles. The number of halogens is 2. The Morgan fingerprint density at radius 3 is 2.79 bits per heavy atom. The number of hydrogen-bond acceptors (Lipinski definition) is 2. The molecule has 0 saturated carbocycles. The third-order valence-corrected chi connectivity index (χ3v) is 4.89. The van der Waals surface area contributed by atoms with Crippen LogP contribution in [0, 0.1) is 3.57 Å². The van der Waals surface area contributed by atoms with Crippen molar-refractivity contribution in [2.75, 3.05) is 26.2 Å². The SMILES string of the molecule is O=C(NCCCN1CCCC1)c1ccc(I)c(Cl)c1. The molecule has 3 nitrogen and oxygen atoms in total. The van der Waals surface area contributed by atoms with Crippen LogP contribution < -0.4 is 5.32 Å². The van der Waals surface area contributed by atoms with Gasteiger partial charge in [-0.3, -0.25) is 4.79 Å². The molecule has 0 bridgehead atoms. The minimum atomic E-state index is -0.0419. The van der Waals surface area contributed by atoms with Gasteiger partial charge in [0, 0.05) is 15.7 Å². The fourth-order valence-corrected chi connectivity index (χ4v) is 2.77. The number of rotatable bonds is 5. The highest BCUT2D eigenvalue weighted by atomic mass is 127. The van der Waals surface area contributed by atoms with Crippen molar-refractivity contribution < 1.29 is 4.79 Å². The maximum atomic E-state index is 11.9. The third-order valence-electron chi connectivity index (χ3n) is 3.32. The second-order valence-corrected chi connectivity index (χ2v) is 6.36. The van der Waals surface area contributed by atoms with E-state index >= 15 is 0 Å². The Labute approximate surface area is 132 Å². The van der Waals surface area contributed by atoms with Crippen molar-refractivity contribution >= 4 is 40.1 Å². The minimum absolute atomic E-state index is 0.0419.